The molecule has 4 nitrogen and oxygen atoms in total. The molecule has 1 saturated heterocycles. The summed E-state index contributed by atoms with van der Waals surface area (Å²) in [5.74, 6) is 0.473. The number of fused-ring (bicyclic) bond motifs is 1. The number of morpholine rings is 1. The fourth-order valence-corrected chi connectivity index (χ4v) is 2.31. The van der Waals surface area contributed by atoms with Crippen molar-refractivity contribution in [3.05, 3.63) is 23.3 Å². The molecule has 0 spiro atoms. The third-order valence-corrected chi connectivity index (χ3v) is 3.13. The van der Waals surface area contributed by atoms with E-state index >= 15 is 0 Å². The van der Waals surface area contributed by atoms with E-state index in [0.717, 1.165) is 6.07 Å². The summed E-state index contributed by atoms with van der Waals surface area (Å²) in [6, 6.07) is 2.30. The van der Waals surface area contributed by atoms with Gasteiger partial charge in [0, 0.05) is 18.7 Å². The van der Waals surface area contributed by atoms with Gasteiger partial charge in [-0.3, -0.25) is 0 Å². The Kier molecular flexibility index (Phi) is 3.02. The minimum absolute atomic E-state index is 0.0229. The van der Waals surface area contributed by atoms with Gasteiger partial charge in [0.05, 0.1) is 18.3 Å². The fraction of sp³-hybridized carbons (Fsp3) is 0.500. The lowest BCUT2D eigenvalue weighted by Gasteiger charge is -2.27. The van der Waals surface area contributed by atoms with Crippen molar-refractivity contribution in [2.24, 2.45) is 0 Å². The highest BCUT2D eigenvalue weighted by Crippen LogP contribution is 2.46. The SMILES string of the molecule is FC(F)(F)c1ccc2c(c1C1CNCCO1)OCO2. The van der Waals surface area contributed by atoms with Gasteiger partial charge in [-0.25, -0.2) is 0 Å². The molecule has 0 aliphatic carbocycles. The van der Waals surface area contributed by atoms with E-state index in [2.05, 4.69) is 5.32 Å². The zero-order valence-electron chi connectivity index (χ0n) is 9.92. The standard InChI is InChI=1S/C12H12F3NO3/c13-12(14,15)7-1-2-8-11(19-6-18-8)10(7)9-5-16-3-4-17-9/h1-2,9,16H,3-6H2. The van der Waals surface area contributed by atoms with Crippen LogP contribution in [0.2, 0.25) is 0 Å². The number of alkyl halides is 3. The van der Waals surface area contributed by atoms with Gasteiger partial charge in [-0.1, -0.05) is 0 Å². The minimum Gasteiger partial charge on any atom is -0.454 e. The molecule has 2 aliphatic heterocycles. The van der Waals surface area contributed by atoms with Crippen LogP contribution in [0.25, 0.3) is 0 Å². The number of halogens is 3. The number of hydrogen-bond acceptors (Lipinski definition) is 4. The predicted octanol–water partition coefficient (Wildman–Crippen LogP) is 2.09. The quantitative estimate of drug-likeness (QED) is 0.852. The molecule has 1 N–H and O–H groups in total. The Morgan fingerprint density at radius 3 is 2.74 bits per heavy atom. The Balaban J connectivity index is 2.10. The molecular formula is C12H12F3NO3. The number of hydrogen-bond donors (Lipinski definition) is 1. The first-order valence-electron chi connectivity index (χ1n) is 5.89. The third-order valence-electron chi connectivity index (χ3n) is 3.13. The number of ether oxygens (including phenoxy) is 3. The first-order valence-corrected chi connectivity index (χ1v) is 5.89. The van der Waals surface area contributed by atoms with Crippen LogP contribution >= 0.6 is 0 Å². The highest BCUT2D eigenvalue weighted by molar-refractivity contribution is 5.54. The number of nitrogens with one attached hydrogen (secondary N) is 1. The molecule has 3 rings (SSSR count). The lowest BCUT2D eigenvalue weighted by atomic mass is 9.99. The summed E-state index contributed by atoms with van der Waals surface area (Å²) in [5, 5.41) is 3.01. The van der Waals surface area contributed by atoms with Gasteiger partial charge in [0.2, 0.25) is 6.79 Å². The Morgan fingerprint density at radius 1 is 1.21 bits per heavy atom. The van der Waals surface area contributed by atoms with E-state index in [-0.39, 0.29) is 18.1 Å². The first-order chi connectivity index (χ1) is 9.07. The van der Waals surface area contributed by atoms with Gasteiger partial charge >= 0.3 is 6.18 Å². The number of rotatable bonds is 1. The molecule has 19 heavy (non-hydrogen) atoms. The van der Waals surface area contributed by atoms with Gasteiger partial charge in [0.1, 0.15) is 0 Å². The summed E-state index contributed by atoms with van der Waals surface area (Å²) in [5.41, 5.74) is -0.708. The average Bonchev–Trinajstić information content (AvgIpc) is 2.85. The van der Waals surface area contributed by atoms with Crippen molar-refractivity contribution in [1.82, 2.24) is 5.32 Å². The first kappa shape index (κ1) is 12.6. The molecule has 1 fully saturated rings. The van der Waals surface area contributed by atoms with E-state index in [1.54, 1.807) is 0 Å². The van der Waals surface area contributed by atoms with Crippen molar-refractivity contribution in [1.29, 1.82) is 0 Å². The molecule has 1 atom stereocenters. The lowest BCUT2D eigenvalue weighted by Crippen LogP contribution is -2.34. The molecule has 1 aromatic rings. The van der Waals surface area contributed by atoms with E-state index in [9.17, 15) is 13.2 Å². The van der Waals surface area contributed by atoms with Gasteiger partial charge < -0.3 is 19.5 Å². The molecular weight excluding hydrogens is 263 g/mol. The molecule has 0 amide bonds. The van der Waals surface area contributed by atoms with Crippen molar-refractivity contribution in [3.63, 3.8) is 0 Å². The summed E-state index contributed by atoms with van der Waals surface area (Å²) in [6.45, 7) is 1.25. The zero-order chi connectivity index (χ0) is 13.5. The van der Waals surface area contributed by atoms with E-state index < -0.39 is 17.8 Å². The second-order valence-electron chi connectivity index (χ2n) is 4.32. The summed E-state index contributed by atoms with van der Waals surface area (Å²) >= 11 is 0. The maximum absolute atomic E-state index is 13.1. The van der Waals surface area contributed by atoms with Crippen LogP contribution in [0.4, 0.5) is 13.2 Å². The lowest BCUT2D eigenvalue weighted by molar-refractivity contribution is -0.140. The molecule has 7 heteroatoms. The zero-order valence-corrected chi connectivity index (χ0v) is 9.92. The second kappa shape index (κ2) is 4.57. The second-order valence-corrected chi connectivity index (χ2v) is 4.32. The van der Waals surface area contributed by atoms with Gasteiger partial charge in [0.15, 0.2) is 11.5 Å². The highest BCUT2D eigenvalue weighted by Gasteiger charge is 2.40. The van der Waals surface area contributed by atoms with E-state index in [1.807, 2.05) is 0 Å². The molecule has 1 unspecified atom stereocenters. The van der Waals surface area contributed by atoms with Gasteiger partial charge in [-0.05, 0) is 12.1 Å². The molecule has 104 valence electrons. The maximum atomic E-state index is 13.1. The molecule has 0 saturated carbocycles. The van der Waals surface area contributed by atoms with Crippen LogP contribution in [0.15, 0.2) is 12.1 Å². The van der Waals surface area contributed by atoms with E-state index in [4.69, 9.17) is 14.2 Å². The smallest absolute Gasteiger partial charge is 0.416 e. The largest absolute Gasteiger partial charge is 0.454 e. The molecule has 2 aliphatic rings. The van der Waals surface area contributed by atoms with Crippen LogP contribution in [0.3, 0.4) is 0 Å². The van der Waals surface area contributed by atoms with Crippen LogP contribution in [-0.2, 0) is 10.9 Å². The van der Waals surface area contributed by atoms with Crippen LogP contribution in [0, 0.1) is 0 Å². The van der Waals surface area contributed by atoms with Crippen molar-refractivity contribution < 1.29 is 27.4 Å². The van der Waals surface area contributed by atoms with Crippen molar-refractivity contribution in [3.8, 4) is 11.5 Å². The minimum atomic E-state index is -4.45. The summed E-state index contributed by atoms with van der Waals surface area (Å²) < 4.78 is 55.0. The van der Waals surface area contributed by atoms with Crippen molar-refractivity contribution in [2.45, 2.75) is 12.3 Å². The van der Waals surface area contributed by atoms with Gasteiger partial charge in [-0.2, -0.15) is 13.2 Å². The molecule has 0 radical (unpaired) electrons. The van der Waals surface area contributed by atoms with Crippen LogP contribution in [0.1, 0.15) is 17.2 Å². The molecule has 1 aromatic carbocycles. The normalized spacial score (nSPS) is 22.6. The topological polar surface area (TPSA) is 39.7 Å². The van der Waals surface area contributed by atoms with Crippen LogP contribution in [-0.4, -0.2) is 26.5 Å². The number of benzene rings is 1. The monoisotopic (exact) mass is 275 g/mol. The molecule has 0 aromatic heterocycles. The molecule has 2 heterocycles. The van der Waals surface area contributed by atoms with Crippen LogP contribution in [0.5, 0.6) is 11.5 Å². The Bertz CT molecular complexity index is 484. The summed E-state index contributed by atoms with van der Waals surface area (Å²) in [6.07, 6.45) is -5.13. The summed E-state index contributed by atoms with van der Waals surface area (Å²) in [7, 11) is 0. The van der Waals surface area contributed by atoms with Crippen molar-refractivity contribution >= 4 is 0 Å². The molecule has 0 bridgehead atoms. The maximum Gasteiger partial charge on any atom is 0.416 e. The van der Waals surface area contributed by atoms with E-state index in [1.165, 1.54) is 6.07 Å². The predicted molar refractivity (Wildman–Crippen MR) is 59.1 cm³/mol. The van der Waals surface area contributed by atoms with Crippen molar-refractivity contribution in [2.75, 3.05) is 26.5 Å². The summed E-state index contributed by atoms with van der Waals surface area (Å²) in [4.78, 5) is 0. The fourth-order valence-electron chi connectivity index (χ4n) is 2.31. The Labute approximate surface area is 107 Å². The van der Waals surface area contributed by atoms with Gasteiger partial charge in [-0.15, -0.1) is 0 Å². The van der Waals surface area contributed by atoms with Gasteiger partial charge in [0.25, 0.3) is 0 Å². The van der Waals surface area contributed by atoms with Crippen LogP contribution < -0.4 is 14.8 Å². The van der Waals surface area contributed by atoms with E-state index in [0.29, 0.717) is 25.4 Å². The third kappa shape index (κ3) is 2.23. The average molecular weight is 275 g/mol. The Hall–Kier alpha value is -1.47. The Morgan fingerprint density at radius 2 is 2.05 bits per heavy atom. The highest BCUT2D eigenvalue weighted by atomic mass is 19.4.